The number of rotatable bonds is 14. The van der Waals surface area contributed by atoms with Gasteiger partial charge in [-0.1, -0.05) is 49.4 Å². The summed E-state index contributed by atoms with van der Waals surface area (Å²) >= 11 is 0. The quantitative estimate of drug-likeness (QED) is 0.239. The molecule has 10 nitrogen and oxygen atoms in total. The van der Waals surface area contributed by atoms with E-state index < -0.39 is 59.3 Å². The average molecular weight is 624 g/mol. The third-order valence-electron chi connectivity index (χ3n) is 9.50. The number of hydrogen-bond donors (Lipinski definition) is 2. The molecule has 2 bridgehead atoms. The Morgan fingerprint density at radius 2 is 1.91 bits per heavy atom. The molecule has 3 fully saturated rings. The lowest BCUT2D eigenvalue weighted by Crippen LogP contribution is -2.61. The maximum absolute atomic E-state index is 14.5. The van der Waals surface area contributed by atoms with E-state index in [1.165, 1.54) is 4.90 Å². The second-order valence-corrected chi connectivity index (χ2v) is 13.4. The number of carbonyl (C=O) groups excluding carboxylic acids is 4. The van der Waals surface area contributed by atoms with Crippen molar-refractivity contribution in [3.63, 3.8) is 0 Å². The summed E-state index contributed by atoms with van der Waals surface area (Å²) in [7, 11) is 0. The number of fused-ring (bicyclic) bond motifs is 1. The van der Waals surface area contributed by atoms with Crippen molar-refractivity contribution >= 4 is 23.7 Å². The van der Waals surface area contributed by atoms with Gasteiger partial charge in [-0.15, -0.1) is 13.2 Å². The van der Waals surface area contributed by atoms with Gasteiger partial charge in [0, 0.05) is 18.5 Å². The molecule has 0 radical (unpaired) electrons. The van der Waals surface area contributed by atoms with Crippen molar-refractivity contribution in [1.29, 1.82) is 0 Å². The molecule has 246 valence electrons. The van der Waals surface area contributed by atoms with Gasteiger partial charge in [0.1, 0.15) is 17.7 Å². The Bertz CT molecular complexity index is 1270. The number of aliphatic hydroxyl groups is 1. The van der Waals surface area contributed by atoms with Crippen molar-refractivity contribution in [2.75, 3.05) is 13.2 Å². The van der Waals surface area contributed by atoms with Crippen LogP contribution in [-0.2, 0) is 28.7 Å². The molecule has 3 aliphatic rings. The van der Waals surface area contributed by atoms with E-state index in [1.54, 1.807) is 24.0 Å². The minimum absolute atomic E-state index is 0.193. The van der Waals surface area contributed by atoms with Gasteiger partial charge in [0.2, 0.25) is 17.7 Å². The van der Waals surface area contributed by atoms with E-state index in [2.05, 4.69) is 18.5 Å². The van der Waals surface area contributed by atoms with E-state index in [4.69, 9.17) is 9.47 Å². The maximum atomic E-state index is 14.5. The molecule has 1 spiro atoms. The molecule has 4 rings (SSSR count). The van der Waals surface area contributed by atoms with Gasteiger partial charge in [-0.2, -0.15) is 0 Å². The van der Waals surface area contributed by atoms with Gasteiger partial charge in [0.25, 0.3) is 0 Å². The van der Waals surface area contributed by atoms with Gasteiger partial charge in [0.15, 0.2) is 0 Å². The highest BCUT2D eigenvalue weighted by Gasteiger charge is 2.75. The second kappa shape index (κ2) is 13.9. The Kier molecular flexibility index (Phi) is 10.6. The van der Waals surface area contributed by atoms with Crippen molar-refractivity contribution in [3.05, 3.63) is 61.2 Å². The number of hydrogen-bond acceptors (Lipinski definition) is 7. The molecule has 0 saturated carbocycles. The Morgan fingerprint density at radius 3 is 2.49 bits per heavy atom. The van der Waals surface area contributed by atoms with E-state index >= 15 is 0 Å². The van der Waals surface area contributed by atoms with Gasteiger partial charge in [-0.25, -0.2) is 0 Å². The highest BCUT2D eigenvalue weighted by atomic mass is 16.6. The minimum atomic E-state index is -1.23. The molecule has 3 heterocycles. The first-order valence-corrected chi connectivity index (χ1v) is 16.0. The number of likely N-dealkylation sites (tertiary alicyclic amines) is 1. The van der Waals surface area contributed by atoms with Crippen LogP contribution in [0.2, 0.25) is 0 Å². The molecule has 2 N–H and O–H groups in total. The zero-order chi connectivity index (χ0) is 33.1. The summed E-state index contributed by atoms with van der Waals surface area (Å²) in [6.45, 7) is 16.8. The summed E-state index contributed by atoms with van der Waals surface area (Å²) in [5, 5.41) is 13.3. The van der Waals surface area contributed by atoms with Gasteiger partial charge >= 0.3 is 5.97 Å². The van der Waals surface area contributed by atoms with Crippen molar-refractivity contribution in [2.24, 2.45) is 11.8 Å². The fraction of sp³-hybridized carbons (Fsp3) is 0.600. The molecule has 3 aliphatic heterocycles. The molecule has 1 aromatic carbocycles. The lowest BCUT2D eigenvalue weighted by Gasteiger charge is -2.43. The Hall–Kier alpha value is -3.50. The average Bonchev–Trinajstić information content (AvgIpc) is 3.65. The predicted molar refractivity (Wildman–Crippen MR) is 170 cm³/mol. The molecule has 0 aliphatic carbocycles. The smallest absolute Gasteiger partial charge is 0.313 e. The van der Waals surface area contributed by atoms with Crippen molar-refractivity contribution in [2.45, 2.75) is 108 Å². The highest BCUT2D eigenvalue weighted by Crippen LogP contribution is 2.59. The molecular weight excluding hydrogens is 574 g/mol. The molecule has 0 unspecified atom stereocenters. The van der Waals surface area contributed by atoms with E-state index in [-0.39, 0.29) is 37.3 Å². The molecule has 1 aromatic rings. The Morgan fingerprint density at radius 1 is 1.22 bits per heavy atom. The fourth-order valence-corrected chi connectivity index (χ4v) is 7.36. The van der Waals surface area contributed by atoms with Crippen LogP contribution in [-0.4, -0.2) is 87.1 Å². The Balaban J connectivity index is 1.70. The number of amides is 3. The molecule has 0 aromatic heterocycles. The first-order valence-electron chi connectivity index (χ1n) is 16.0. The van der Waals surface area contributed by atoms with Gasteiger partial charge in [-0.3, -0.25) is 19.2 Å². The standard InChI is InChI=1S/C35H49N3O7/c1-8-11-17-26(40)36-22(4)29(23-15-13-12-14-16-23)44-33(43)27-25-18-19-35(45-25)28(27)31(41)38(24(10-3)21-39)30(35)32(42)37(20-9-2)34(5,6)7/h8-9,12-16,22,24-25,27-30,39H,1-2,10-11,17-21H2,3-7H3,(H,36,40)/t22-,24+,25+,27-,28-,29-,30+,35-/m1/s1. The van der Waals surface area contributed by atoms with Crippen LogP contribution in [0.1, 0.15) is 78.4 Å². The lowest BCUT2D eigenvalue weighted by atomic mass is 9.70. The van der Waals surface area contributed by atoms with Crippen molar-refractivity contribution in [3.8, 4) is 0 Å². The lowest BCUT2D eigenvalue weighted by molar-refractivity contribution is -0.163. The van der Waals surface area contributed by atoms with Gasteiger partial charge < -0.3 is 29.7 Å². The fourth-order valence-electron chi connectivity index (χ4n) is 7.36. The zero-order valence-electron chi connectivity index (χ0n) is 27.2. The van der Waals surface area contributed by atoms with E-state index in [1.807, 2.05) is 58.0 Å². The van der Waals surface area contributed by atoms with Gasteiger partial charge in [-0.05, 0) is 58.9 Å². The molecule has 10 heteroatoms. The molecule has 3 amide bonds. The first kappa shape index (κ1) is 34.4. The van der Waals surface area contributed by atoms with E-state index in [0.717, 1.165) is 0 Å². The number of carbonyl (C=O) groups is 4. The third-order valence-corrected chi connectivity index (χ3v) is 9.50. The van der Waals surface area contributed by atoms with Crippen LogP contribution in [0, 0.1) is 11.8 Å². The number of ether oxygens (including phenoxy) is 2. The normalized spacial score (nSPS) is 27.3. The SMILES string of the molecule is C=CCCC(=O)N[C@H](C)[C@@H](OC(=O)[C@@H]1[C@@H]2CC[C@]3(O2)[C@H](C(=O)N(CC=C)C(C)(C)C)N([C@@H](CC)CO)C(=O)[C@@H]13)c1ccccc1. The van der Waals surface area contributed by atoms with Crippen LogP contribution < -0.4 is 5.32 Å². The number of aliphatic hydroxyl groups excluding tert-OH is 1. The number of nitrogens with zero attached hydrogens (tertiary/aromatic N) is 2. The number of benzene rings is 1. The minimum Gasteiger partial charge on any atom is -0.455 e. The number of nitrogens with one attached hydrogen (secondary N) is 1. The van der Waals surface area contributed by atoms with Crippen LogP contribution in [0.15, 0.2) is 55.6 Å². The summed E-state index contributed by atoms with van der Waals surface area (Å²) < 4.78 is 12.8. The molecule has 45 heavy (non-hydrogen) atoms. The predicted octanol–water partition coefficient (Wildman–Crippen LogP) is 3.70. The molecule has 3 saturated heterocycles. The van der Waals surface area contributed by atoms with Crippen LogP contribution in [0.4, 0.5) is 0 Å². The number of allylic oxidation sites excluding steroid dienone is 1. The largest absolute Gasteiger partial charge is 0.455 e. The molecule has 8 atom stereocenters. The monoisotopic (exact) mass is 623 g/mol. The van der Waals surface area contributed by atoms with Crippen LogP contribution >= 0.6 is 0 Å². The summed E-state index contributed by atoms with van der Waals surface area (Å²) in [6.07, 6.45) is 4.00. The molecular formula is C35H49N3O7. The van der Waals surface area contributed by atoms with Gasteiger partial charge in [0.05, 0.1) is 36.6 Å². The summed E-state index contributed by atoms with van der Waals surface area (Å²) in [5.74, 6) is -3.37. The van der Waals surface area contributed by atoms with E-state index in [9.17, 15) is 24.3 Å². The van der Waals surface area contributed by atoms with Crippen LogP contribution in [0.3, 0.4) is 0 Å². The second-order valence-electron chi connectivity index (χ2n) is 13.4. The maximum Gasteiger partial charge on any atom is 0.313 e. The van der Waals surface area contributed by atoms with Crippen molar-refractivity contribution in [1.82, 2.24) is 15.1 Å². The summed E-state index contributed by atoms with van der Waals surface area (Å²) in [6, 6.07) is 6.96. The van der Waals surface area contributed by atoms with Crippen molar-refractivity contribution < 1.29 is 33.8 Å². The third kappa shape index (κ3) is 6.45. The van der Waals surface area contributed by atoms with E-state index in [0.29, 0.717) is 31.2 Å². The summed E-state index contributed by atoms with van der Waals surface area (Å²) in [4.78, 5) is 58.8. The van der Waals surface area contributed by atoms with Crippen LogP contribution in [0.25, 0.3) is 0 Å². The number of esters is 1. The zero-order valence-corrected chi connectivity index (χ0v) is 27.2. The first-order chi connectivity index (χ1) is 21.4. The highest BCUT2D eigenvalue weighted by molar-refractivity contribution is 5.98. The van der Waals surface area contributed by atoms with Crippen LogP contribution in [0.5, 0.6) is 0 Å². The summed E-state index contributed by atoms with van der Waals surface area (Å²) in [5.41, 5.74) is -1.12. The topological polar surface area (TPSA) is 125 Å². The Labute approximate surface area is 266 Å².